The maximum Gasteiger partial charge on any atom is 0.259 e. The second kappa shape index (κ2) is 8.48. The van der Waals surface area contributed by atoms with E-state index in [-0.39, 0.29) is 22.6 Å². The van der Waals surface area contributed by atoms with E-state index in [1.807, 2.05) is 13.8 Å². The van der Waals surface area contributed by atoms with Gasteiger partial charge in [-0.15, -0.1) is 23.1 Å². The number of thioether (sulfide) groups is 1. The van der Waals surface area contributed by atoms with E-state index >= 15 is 0 Å². The molecule has 0 fully saturated rings. The molecule has 2 aromatic rings. The zero-order valence-electron chi connectivity index (χ0n) is 14.7. The SMILES string of the molecule is CC(=O)NCCNC(=O)C(C)SCc1nc2sc(C)c(C)c2c(=O)[nH]1. The van der Waals surface area contributed by atoms with E-state index < -0.39 is 0 Å². The fourth-order valence-electron chi connectivity index (χ4n) is 2.22. The first-order valence-corrected chi connectivity index (χ1v) is 9.78. The Morgan fingerprint density at radius 2 is 1.96 bits per heavy atom. The van der Waals surface area contributed by atoms with Crippen molar-refractivity contribution < 1.29 is 9.59 Å². The second-order valence-corrected chi connectivity index (χ2v) is 8.24. The van der Waals surface area contributed by atoms with Gasteiger partial charge in [0.15, 0.2) is 0 Å². The Morgan fingerprint density at radius 1 is 1.28 bits per heavy atom. The number of nitrogens with zero attached hydrogens (tertiary/aromatic N) is 1. The summed E-state index contributed by atoms with van der Waals surface area (Å²) >= 11 is 2.91. The molecule has 2 aromatic heterocycles. The van der Waals surface area contributed by atoms with Crippen molar-refractivity contribution in [2.75, 3.05) is 13.1 Å². The standard InChI is InChI=1S/C16H22N4O3S2/c1-8-9(2)25-16-13(8)15(23)19-12(20-16)7-24-10(3)14(22)18-6-5-17-11(4)21/h10H,5-7H2,1-4H3,(H,17,21)(H,18,22)(H,19,20,23). The maximum atomic E-state index is 12.2. The summed E-state index contributed by atoms with van der Waals surface area (Å²) in [5, 5.41) is 5.75. The van der Waals surface area contributed by atoms with Crippen LogP contribution in [0.1, 0.15) is 30.1 Å². The molecular formula is C16H22N4O3S2. The van der Waals surface area contributed by atoms with Gasteiger partial charge in [0, 0.05) is 24.9 Å². The van der Waals surface area contributed by atoms with Crippen molar-refractivity contribution in [3.05, 3.63) is 26.6 Å². The number of carbonyl (C=O) groups is 2. The van der Waals surface area contributed by atoms with Gasteiger partial charge in [0.1, 0.15) is 10.7 Å². The summed E-state index contributed by atoms with van der Waals surface area (Å²) < 4.78 is 0. The molecule has 1 unspecified atom stereocenters. The molecule has 0 radical (unpaired) electrons. The van der Waals surface area contributed by atoms with E-state index in [4.69, 9.17) is 0 Å². The molecule has 0 spiro atoms. The van der Waals surface area contributed by atoms with Crippen molar-refractivity contribution in [3.8, 4) is 0 Å². The number of hydrogen-bond donors (Lipinski definition) is 3. The van der Waals surface area contributed by atoms with E-state index in [1.165, 1.54) is 30.0 Å². The Kier molecular flexibility index (Phi) is 6.60. The lowest BCUT2D eigenvalue weighted by Gasteiger charge is -2.11. The molecule has 2 heterocycles. The van der Waals surface area contributed by atoms with Gasteiger partial charge in [-0.3, -0.25) is 14.4 Å². The lowest BCUT2D eigenvalue weighted by molar-refractivity contribution is -0.121. The van der Waals surface area contributed by atoms with Crippen LogP contribution in [0.5, 0.6) is 0 Å². The molecule has 0 aromatic carbocycles. The Morgan fingerprint density at radius 3 is 2.64 bits per heavy atom. The number of H-pyrrole nitrogens is 1. The molecule has 2 rings (SSSR count). The Labute approximate surface area is 154 Å². The topological polar surface area (TPSA) is 104 Å². The first kappa shape index (κ1) is 19.5. The van der Waals surface area contributed by atoms with Gasteiger partial charge in [-0.1, -0.05) is 0 Å². The number of hydrogen-bond acceptors (Lipinski definition) is 6. The van der Waals surface area contributed by atoms with Crippen molar-refractivity contribution >= 4 is 45.1 Å². The number of carbonyl (C=O) groups excluding carboxylic acids is 2. The lowest BCUT2D eigenvalue weighted by atomic mass is 10.2. The molecule has 1 atom stereocenters. The number of aromatic amines is 1. The maximum absolute atomic E-state index is 12.2. The van der Waals surface area contributed by atoms with Crippen molar-refractivity contribution in [1.82, 2.24) is 20.6 Å². The highest BCUT2D eigenvalue weighted by Crippen LogP contribution is 2.26. The summed E-state index contributed by atoms with van der Waals surface area (Å²) in [7, 11) is 0. The van der Waals surface area contributed by atoms with Crippen LogP contribution >= 0.6 is 23.1 Å². The van der Waals surface area contributed by atoms with E-state index in [1.54, 1.807) is 6.92 Å². The molecule has 7 nitrogen and oxygen atoms in total. The van der Waals surface area contributed by atoms with Gasteiger partial charge in [-0.05, 0) is 26.3 Å². The largest absolute Gasteiger partial charge is 0.355 e. The first-order valence-electron chi connectivity index (χ1n) is 7.92. The molecule has 136 valence electrons. The highest BCUT2D eigenvalue weighted by Gasteiger charge is 2.15. The Bertz CT molecular complexity index is 844. The second-order valence-electron chi connectivity index (χ2n) is 5.70. The quantitative estimate of drug-likeness (QED) is 0.629. The zero-order chi connectivity index (χ0) is 18.6. The molecule has 3 N–H and O–H groups in total. The minimum absolute atomic E-state index is 0.110. The Hall–Kier alpha value is -1.87. The fourth-order valence-corrected chi connectivity index (χ4v) is 4.04. The van der Waals surface area contributed by atoms with Gasteiger partial charge >= 0.3 is 0 Å². The predicted molar refractivity (Wildman–Crippen MR) is 102 cm³/mol. The van der Waals surface area contributed by atoms with Crippen LogP contribution in [0.3, 0.4) is 0 Å². The van der Waals surface area contributed by atoms with E-state index in [0.29, 0.717) is 30.1 Å². The first-order chi connectivity index (χ1) is 11.8. The van der Waals surface area contributed by atoms with Gasteiger partial charge in [-0.2, -0.15) is 0 Å². The van der Waals surface area contributed by atoms with E-state index in [2.05, 4.69) is 20.6 Å². The number of thiophene rings is 1. The fraction of sp³-hybridized carbons (Fsp3) is 0.500. The average molecular weight is 383 g/mol. The molecule has 0 saturated heterocycles. The van der Waals surface area contributed by atoms with E-state index in [0.717, 1.165) is 15.3 Å². The Balaban J connectivity index is 1.92. The van der Waals surface area contributed by atoms with Crippen LogP contribution < -0.4 is 16.2 Å². The number of aryl methyl sites for hydroxylation is 2. The van der Waals surface area contributed by atoms with Crippen LogP contribution in [-0.2, 0) is 15.3 Å². The van der Waals surface area contributed by atoms with Crippen LogP contribution in [0.4, 0.5) is 0 Å². The highest BCUT2D eigenvalue weighted by molar-refractivity contribution is 7.99. The van der Waals surface area contributed by atoms with Gasteiger partial charge in [0.2, 0.25) is 11.8 Å². The molecule has 0 aliphatic carbocycles. The van der Waals surface area contributed by atoms with Crippen molar-refractivity contribution in [2.24, 2.45) is 0 Å². The number of amides is 2. The van der Waals surface area contributed by atoms with Gasteiger partial charge < -0.3 is 15.6 Å². The minimum atomic E-state index is -0.287. The summed E-state index contributed by atoms with van der Waals surface area (Å²) in [6, 6.07) is 0. The van der Waals surface area contributed by atoms with E-state index in [9.17, 15) is 14.4 Å². The van der Waals surface area contributed by atoms with Crippen LogP contribution in [-0.4, -0.2) is 40.1 Å². The molecule has 0 aliphatic heterocycles. The van der Waals surface area contributed by atoms with Crippen molar-refractivity contribution in [3.63, 3.8) is 0 Å². The predicted octanol–water partition coefficient (Wildman–Crippen LogP) is 1.48. The van der Waals surface area contributed by atoms with Crippen LogP contribution in [0, 0.1) is 13.8 Å². The smallest absolute Gasteiger partial charge is 0.259 e. The minimum Gasteiger partial charge on any atom is -0.355 e. The molecule has 2 amide bonds. The summed E-state index contributed by atoms with van der Waals surface area (Å²) in [6.45, 7) is 7.92. The van der Waals surface area contributed by atoms with Crippen LogP contribution in [0.2, 0.25) is 0 Å². The molecule has 9 heteroatoms. The highest BCUT2D eigenvalue weighted by atomic mass is 32.2. The van der Waals surface area contributed by atoms with Crippen LogP contribution in [0.25, 0.3) is 10.2 Å². The third-order valence-corrected chi connectivity index (χ3v) is 5.98. The zero-order valence-corrected chi connectivity index (χ0v) is 16.3. The third kappa shape index (κ3) is 5.05. The summed E-state index contributed by atoms with van der Waals surface area (Å²) in [5.74, 6) is 0.783. The van der Waals surface area contributed by atoms with Crippen molar-refractivity contribution in [1.29, 1.82) is 0 Å². The van der Waals surface area contributed by atoms with Crippen molar-refractivity contribution in [2.45, 2.75) is 38.7 Å². The van der Waals surface area contributed by atoms with Gasteiger partial charge in [-0.25, -0.2) is 4.98 Å². The summed E-state index contributed by atoms with van der Waals surface area (Å²) in [5.41, 5.74) is 0.842. The van der Waals surface area contributed by atoms with Gasteiger partial charge in [0.05, 0.1) is 16.4 Å². The monoisotopic (exact) mass is 382 g/mol. The number of fused-ring (bicyclic) bond motifs is 1. The normalized spacial score (nSPS) is 12.2. The molecule has 0 aliphatic rings. The number of rotatable bonds is 7. The molecular weight excluding hydrogens is 360 g/mol. The molecule has 0 saturated carbocycles. The number of aromatic nitrogens is 2. The van der Waals surface area contributed by atoms with Gasteiger partial charge in [0.25, 0.3) is 5.56 Å². The molecule has 25 heavy (non-hydrogen) atoms. The average Bonchev–Trinajstić information content (AvgIpc) is 2.83. The number of nitrogens with one attached hydrogen (secondary N) is 3. The summed E-state index contributed by atoms with van der Waals surface area (Å²) in [4.78, 5) is 44.1. The third-order valence-electron chi connectivity index (χ3n) is 3.73. The lowest BCUT2D eigenvalue weighted by Crippen LogP contribution is -2.37. The summed E-state index contributed by atoms with van der Waals surface area (Å²) in [6.07, 6.45) is 0. The molecule has 0 bridgehead atoms. The van der Waals surface area contributed by atoms with Crippen LogP contribution in [0.15, 0.2) is 4.79 Å².